The summed E-state index contributed by atoms with van der Waals surface area (Å²) in [5.74, 6) is 1.27. The van der Waals surface area contributed by atoms with E-state index in [2.05, 4.69) is 61.9 Å². The molecule has 0 aromatic carbocycles. The third kappa shape index (κ3) is 4.93. The van der Waals surface area contributed by atoms with Crippen molar-refractivity contribution >= 4 is 5.69 Å². The summed E-state index contributed by atoms with van der Waals surface area (Å²) in [4.78, 5) is 13.9. The Morgan fingerprint density at radius 2 is 1.90 bits per heavy atom. The van der Waals surface area contributed by atoms with Crippen LogP contribution in [0, 0.1) is 0 Å². The molecule has 0 radical (unpaired) electrons. The Balaban J connectivity index is 3.12. The second-order valence-corrected chi connectivity index (χ2v) is 6.14. The summed E-state index contributed by atoms with van der Waals surface area (Å²) >= 11 is 0. The molecule has 0 saturated heterocycles. The van der Waals surface area contributed by atoms with Crippen molar-refractivity contribution in [3.63, 3.8) is 0 Å². The molecule has 0 aliphatic carbocycles. The Morgan fingerprint density at radius 3 is 2.38 bits per heavy atom. The van der Waals surface area contributed by atoms with E-state index in [4.69, 9.17) is 4.98 Å². The van der Waals surface area contributed by atoms with Crippen LogP contribution in [-0.2, 0) is 6.54 Å². The minimum atomic E-state index is 0.351. The topological polar surface area (TPSA) is 44.3 Å². The lowest BCUT2D eigenvalue weighted by atomic mass is 10.1. The van der Waals surface area contributed by atoms with Crippen LogP contribution in [-0.4, -0.2) is 55.1 Å². The van der Waals surface area contributed by atoms with Crippen LogP contribution in [0.5, 0.6) is 0 Å². The molecule has 5 heteroatoms. The largest absolute Gasteiger partial charge is 0.365 e. The quantitative estimate of drug-likeness (QED) is 0.795. The summed E-state index contributed by atoms with van der Waals surface area (Å²) in [5, 5.41) is 3.22. The van der Waals surface area contributed by atoms with Gasteiger partial charge in [-0.2, -0.15) is 0 Å². The van der Waals surface area contributed by atoms with E-state index >= 15 is 0 Å². The molecule has 1 unspecified atom stereocenters. The molecule has 21 heavy (non-hydrogen) atoms. The van der Waals surface area contributed by atoms with Gasteiger partial charge < -0.3 is 15.1 Å². The number of hydrogen-bond acceptors (Lipinski definition) is 5. The van der Waals surface area contributed by atoms with Crippen molar-refractivity contribution in [2.24, 2.45) is 0 Å². The highest BCUT2D eigenvalue weighted by atomic mass is 15.2. The van der Waals surface area contributed by atoms with Crippen LogP contribution in [0.25, 0.3) is 0 Å². The van der Waals surface area contributed by atoms with Crippen LogP contribution in [0.3, 0.4) is 0 Å². The SMILES string of the molecule is CCN(c1cnc(C(C)C)nc1CNC)C(C)CN(C)C. The molecule has 120 valence electrons. The van der Waals surface area contributed by atoms with Gasteiger partial charge in [0, 0.05) is 31.6 Å². The molecule has 0 spiro atoms. The van der Waals surface area contributed by atoms with E-state index in [-0.39, 0.29) is 0 Å². The molecular weight excluding hydrogens is 262 g/mol. The molecule has 5 nitrogen and oxygen atoms in total. The predicted molar refractivity (Wildman–Crippen MR) is 89.9 cm³/mol. The van der Waals surface area contributed by atoms with Gasteiger partial charge in [-0.3, -0.25) is 0 Å². The third-order valence-corrected chi connectivity index (χ3v) is 3.54. The van der Waals surface area contributed by atoms with Crippen molar-refractivity contribution in [2.45, 2.75) is 46.2 Å². The monoisotopic (exact) mass is 293 g/mol. The molecule has 0 aliphatic heterocycles. The van der Waals surface area contributed by atoms with E-state index in [1.165, 1.54) is 0 Å². The maximum Gasteiger partial charge on any atom is 0.131 e. The summed E-state index contributed by atoms with van der Waals surface area (Å²) in [7, 11) is 6.18. The number of nitrogens with one attached hydrogen (secondary N) is 1. The number of aromatic nitrogens is 2. The summed E-state index contributed by atoms with van der Waals surface area (Å²) in [6.45, 7) is 11.4. The van der Waals surface area contributed by atoms with Gasteiger partial charge in [0.05, 0.1) is 17.6 Å². The fourth-order valence-electron chi connectivity index (χ4n) is 2.59. The number of anilines is 1. The minimum Gasteiger partial charge on any atom is -0.365 e. The van der Waals surface area contributed by atoms with E-state index in [1.54, 1.807) is 0 Å². The molecule has 0 saturated carbocycles. The maximum absolute atomic E-state index is 4.76. The second-order valence-electron chi connectivity index (χ2n) is 6.14. The van der Waals surface area contributed by atoms with Gasteiger partial charge in [0.2, 0.25) is 0 Å². The van der Waals surface area contributed by atoms with Gasteiger partial charge >= 0.3 is 0 Å². The number of rotatable bonds is 8. The summed E-state index contributed by atoms with van der Waals surface area (Å²) < 4.78 is 0. The zero-order valence-corrected chi connectivity index (χ0v) is 14.6. The Hall–Kier alpha value is -1.20. The van der Waals surface area contributed by atoms with Gasteiger partial charge in [-0.05, 0) is 35.0 Å². The fourth-order valence-corrected chi connectivity index (χ4v) is 2.59. The smallest absolute Gasteiger partial charge is 0.131 e. The molecule has 1 atom stereocenters. The first-order valence-corrected chi connectivity index (χ1v) is 7.82. The van der Waals surface area contributed by atoms with Crippen LogP contribution in [0.1, 0.15) is 45.1 Å². The van der Waals surface area contributed by atoms with E-state index in [1.807, 2.05) is 13.2 Å². The first-order chi connectivity index (χ1) is 9.90. The average molecular weight is 293 g/mol. The number of hydrogen-bond donors (Lipinski definition) is 1. The van der Waals surface area contributed by atoms with Crippen LogP contribution >= 0.6 is 0 Å². The molecule has 1 aromatic rings. The van der Waals surface area contributed by atoms with Crippen molar-refractivity contribution in [1.29, 1.82) is 0 Å². The lowest BCUT2D eigenvalue weighted by Gasteiger charge is -2.33. The first kappa shape index (κ1) is 17.9. The molecule has 0 bridgehead atoms. The van der Waals surface area contributed by atoms with E-state index in [9.17, 15) is 0 Å². The Bertz CT molecular complexity index is 431. The van der Waals surface area contributed by atoms with Crippen molar-refractivity contribution in [3.05, 3.63) is 17.7 Å². The maximum atomic E-state index is 4.76. The van der Waals surface area contributed by atoms with E-state index < -0.39 is 0 Å². The van der Waals surface area contributed by atoms with Crippen molar-refractivity contribution in [2.75, 3.05) is 39.1 Å². The Labute approximate surface area is 129 Å². The number of likely N-dealkylation sites (N-methyl/N-ethyl adjacent to an activating group) is 2. The highest BCUT2D eigenvalue weighted by molar-refractivity contribution is 5.50. The molecule has 1 rings (SSSR count). The molecule has 1 heterocycles. The Morgan fingerprint density at radius 1 is 1.24 bits per heavy atom. The Kier molecular flexibility index (Phi) is 7.05. The lowest BCUT2D eigenvalue weighted by molar-refractivity contribution is 0.372. The van der Waals surface area contributed by atoms with Crippen LogP contribution in [0.15, 0.2) is 6.20 Å². The van der Waals surface area contributed by atoms with Gasteiger partial charge in [-0.15, -0.1) is 0 Å². The van der Waals surface area contributed by atoms with E-state index in [0.29, 0.717) is 12.0 Å². The zero-order valence-electron chi connectivity index (χ0n) is 14.6. The number of nitrogens with zero attached hydrogens (tertiary/aromatic N) is 4. The van der Waals surface area contributed by atoms with Crippen molar-refractivity contribution in [1.82, 2.24) is 20.2 Å². The van der Waals surface area contributed by atoms with Gasteiger partial charge in [-0.25, -0.2) is 9.97 Å². The van der Waals surface area contributed by atoms with Gasteiger partial charge in [-0.1, -0.05) is 13.8 Å². The normalized spacial score (nSPS) is 13.0. The summed E-state index contributed by atoms with van der Waals surface area (Å²) in [6.07, 6.45) is 1.99. The molecule has 1 N–H and O–H groups in total. The second kappa shape index (κ2) is 8.29. The van der Waals surface area contributed by atoms with Crippen LogP contribution in [0.4, 0.5) is 5.69 Å². The van der Waals surface area contributed by atoms with E-state index in [0.717, 1.165) is 36.8 Å². The van der Waals surface area contributed by atoms with Gasteiger partial charge in [0.1, 0.15) is 5.82 Å². The molecule has 0 fully saturated rings. The minimum absolute atomic E-state index is 0.351. The van der Waals surface area contributed by atoms with Crippen LogP contribution in [0.2, 0.25) is 0 Å². The highest BCUT2D eigenvalue weighted by Gasteiger charge is 2.19. The zero-order chi connectivity index (χ0) is 16.0. The van der Waals surface area contributed by atoms with Crippen molar-refractivity contribution in [3.8, 4) is 0 Å². The van der Waals surface area contributed by atoms with Crippen molar-refractivity contribution < 1.29 is 0 Å². The van der Waals surface area contributed by atoms with Gasteiger partial charge in [0.15, 0.2) is 0 Å². The van der Waals surface area contributed by atoms with Gasteiger partial charge in [0.25, 0.3) is 0 Å². The lowest BCUT2D eigenvalue weighted by Crippen LogP contribution is -2.41. The molecule has 0 amide bonds. The average Bonchev–Trinajstić information content (AvgIpc) is 2.40. The predicted octanol–water partition coefficient (Wildman–Crippen LogP) is 2.10. The first-order valence-electron chi connectivity index (χ1n) is 7.82. The summed E-state index contributed by atoms with van der Waals surface area (Å²) in [6, 6.07) is 0.425. The van der Waals surface area contributed by atoms with Crippen LogP contribution < -0.4 is 10.2 Å². The fraction of sp³-hybridized carbons (Fsp3) is 0.750. The summed E-state index contributed by atoms with van der Waals surface area (Å²) in [5.41, 5.74) is 2.23. The molecular formula is C16H31N5. The third-order valence-electron chi connectivity index (χ3n) is 3.54. The molecule has 0 aliphatic rings. The highest BCUT2D eigenvalue weighted by Crippen LogP contribution is 2.22. The molecule has 1 aromatic heterocycles. The standard InChI is InChI=1S/C16H31N5/c1-8-21(13(4)11-20(6)7)15-10-18-16(12(2)3)19-14(15)9-17-5/h10,12-13,17H,8-9,11H2,1-7H3.